The lowest BCUT2D eigenvalue weighted by molar-refractivity contribution is 0.1000. The number of halogens is 1. The van der Waals surface area contributed by atoms with Crippen molar-refractivity contribution < 1.29 is 9.90 Å². The zero-order chi connectivity index (χ0) is 18.7. The van der Waals surface area contributed by atoms with Crippen LogP contribution < -0.4 is 5.73 Å². The van der Waals surface area contributed by atoms with Gasteiger partial charge in [0, 0.05) is 23.5 Å². The summed E-state index contributed by atoms with van der Waals surface area (Å²) in [6.45, 7) is 9.17. The molecule has 0 saturated carbocycles. The third-order valence-corrected chi connectivity index (χ3v) is 5.06. The van der Waals surface area contributed by atoms with Crippen molar-refractivity contribution in [3.8, 4) is 16.9 Å². The molecule has 0 fully saturated rings. The Bertz CT molecular complexity index is 780. The van der Waals surface area contributed by atoms with Gasteiger partial charge in [0.2, 0.25) is 0 Å². The third-order valence-electron chi connectivity index (χ3n) is 4.75. The molecule has 1 aromatic carbocycles. The number of hydrogen-bond donors (Lipinski definition) is 2. The van der Waals surface area contributed by atoms with Crippen molar-refractivity contribution in [2.75, 3.05) is 0 Å². The van der Waals surface area contributed by atoms with Crippen LogP contribution in [0.5, 0.6) is 5.75 Å². The smallest absolute Gasteiger partial charge is 0.251 e. The van der Waals surface area contributed by atoms with Gasteiger partial charge < -0.3 is 15.4 Å². The molecule has 0 radical (unpaired) electrons. The van der Waals surface area contributed by atoms with Crippen LogP contribution in [0.4, 0.5) is 0 Å². The molecule has 3 N–H and O–H groups in total. The first-order valence-corrected chi connectivity index (χ1v) is 9.20. The zero-order valence-corrected chi connectivity index (χ0v) is 16.2. The molecule has 1 atom stereocenters. The number of primary amides is 1. The maximum absolute atomic E-state index is 12.2. The minimum Gasteiger partial charge on any atom is -0.506 e. The van der Waals surface area contributed by atoms with Crippen molar-refractivity contribution in [1.82, 2.24) is 4.57 Å². The molecule has 0 spiro atoms. The van der Waals surface area contributed by atoms with Crippen molar-refractivity contribution in [2.45, 2.75) is 53.5 Å². The largest absolute Gasteiger partial charge is 0.506 e. The number of amides is 1. The Morgan fingerprint density at radius 2 is 2.04 bits per heavy atom. The van der Waals surface area contributed by atoms with Crippen molar-refractivity contribution in [1.29, 1.82) is 0 Å². The number of nitrogens with two attached hydrogens (primary N) is 1. The molecule has 0 aliphatic rings. The van der Waals surface area contributed by atoms with Crippen molar-refractivity contribution in [3.05, 3.63) is 40.2 Å². The zero-order valence-electron chi connectivity index (χ0n) is 15.4. The highest BCUT2D eigenvalue weighted by Gasteiger charge is 2.25. The molecule has 1 amide bonds. The lowest BCUT2D eigenvalue weighted by atomic mass is 9.93. The summed E-state index contributed by atoms with van der Waals surface area (Å²) in [5.41, 5.74) is 9.90. The number of aromatic nitrogens is 1. The molecule has 5 heteroatoms. The average Bonchev–Trinajstić information content (AvgIpc) is 2.82. The summed E-state index contributed by atoms with van der Waals surface area (Å²) < 4.78 is 2.17. The number of hydrogen-bond acceptors (Lipinski definition) is 2. The minimum absolute atomic E-state index is 0.0265. The molecule has 4 nitrogen and oxygen atoms in total. The quantitative estimate of drug-likeness (QED) is 0.733. The van der Waals surface area contributed by atoms with E-state index in [0.29, 0.717) is 11.5 Å². The van der Waals surface area contributed by atoms with E-state index in [1.54, 1.807) is 18.2 Å². The van der Waals surface area contributed by atoms with Gasteiger partial charge in [-0.1, -0.05) is 44.4 Å². The van der Waals surface area contributed by atoms with Crippen LogP contribution in [0.25, 0.3) is 11.1 Å². The summed E-state index contributed by atoms with van der Waals surface area (Å²) in [7, 11) is 0. The predicted octanol–water partition coefficient (Wildman–Crippen LogP) is 4.92. The lowest BCUT2D eigenvalue weighted by Crippen LogP contribution is -2.13. The van der Waals surface area contributed by atoms with Gasteiger partial charge in [-0.05, 0) is 43.9 Å². The van der Waals surface area contributed by atoms with Gasteiger partial charge >= 0.3 is 0 Å². The maximum Gasteiger partial charge on any atom is 0.251 e. The number of benzene rings is 1. The Labute approximate surface area is 154 Å². The molecule has 1 aromatic heterocycles. The number of nitrogens with zero attached hydrogens (tertiary/aromatic N) is 1. The van der Waals surface area contributed by atoms with Crippen molar-refractivity contribution >= 4 is 17.5 Å². The van der Waals surface area contributed by atoms with E-state index in [1.807, 2.05) is 6.92 Å². The van der Waals surface area contributed by atoms with E-state index < -0.39 is 5.91 Å². The van der Waals surface area contributed by atoms with Crippen LogP contribution in [-0.4, -0.2) is 15.6 Å². The first-order chi connectivity index (χ1) is 11.8. The topological polar surface area (TPSA) is 68.2 Å². The second kappa shape index (κ2) is 7.96. The Morgan fingerprint density at radius 1 is 1.36 bits per heavy atom. The molecule has 2 rings (SSSR count). The van der Waals surface area contributed by atoms with Gasteiger partial charge in [0.15, 0.2) is 0 Å². The van der Waals surface area contributed by atoms with Gasteiger partial charge in [-0.25, -0.2) is 0 Å². The summed E-state index contributed by atoms with van der Waals surface area (Å²) >= 11 is 6.11. The van der Waals surface area contributed by atoms with Crippen molar-refractivity contribution in [3.63, 3.8) is 0 Å². The first kappa shape index (κ1) is 19.4. The molecule has 25 heavy (non-hydrogen) atoms. The van der Waals surface area contributed by atoms with Crippen LogP contribution >= 0.6 is 11.6 Å². The molecule has 0 aliphatic carbocycles. The number of aromatic hydroxyl groups is 1. The van der Waals surface area contributed by atoms with Crippen LogP contribution in [0, 0.1) is 12.8 Å². The number of carbonyl (C=O) groups is 1. The van der Waals surface area contributed by atoms with Crippen LogP contribution in [0.2, 0.25) is 5.02 Å². The number of rotatable bonds is 7. The summed E-state index contributed by atoms with van der Waals surface area (Å²) in [5, 5.41) is 10.00. The second-order valence-electron chi connectivity index (χ2n) is 6.65. The van der Waals surface area contributed by atoms with Gasteiger partial charge in [0.25, 0.3) is 5.91 Å². The Hall–Kier alpha value is -1.94. The second-order valence-corrected chi connectivity index (χ2v) is 7.06. The van der Waals surface area contributed by atoms with Crippen molar-refractivity contribution in [2.24, 2.45) is 11.7 Å². The monoisotopic (exact) mass is 362 g/mol. The maximum atomic E-state index is 12.2. The fraction of sp³-hybridized carbons (Fsp3) is 0.450. The molecule has 2 aromatic rings. The Morgan fingerprint density at radius 3 is 2.56 bits per heavy atom. The third kappa shape index (κ3) is 3.84. The van der Waals surface area contributed by atoms with E-state index >= 15 is 0 Å². The fourth-order valence-corrected chi connectivity index (χ4v) is 3.82. The highest BCUT2D eigenvalue weighted by molar-refractivity contribution is 6.32. The highest BCUT2D eigenvalue weighted by Crippen LogP contribution is 2.37. The Balaban J connectivity index is 2.73. The lowest BCUT2D eigenvalue weighted by Gasteiger charge is -2.16. The van der Waals surface area contributed by atoms with E-state index in [-0.39, 0.29) is 10.8 Å². The van der Waals surface area contributed by atoms with Crippen LogP contribution in [0.3, 0.4) is 0 Å². The summed E-state index contributed by atoms with van der Waals surface area (Å²) in [4.78, 5) is 12.2. The number of carbonyl (C=O) groups excluding carboxylic acids is 1. The first-order valence-electron chi connectivity index (χ1n) is 8.82. The Kier molecular flexibility index (Phi) is 6.17. The summed E-state index contributed by atoms with van der Waals surface area (Å²) in [6, 6.07) is 5.04. The van der Waals surface area contributed by atoms with E-state index in [1.165, 1.54) is 0 Å². The van der Waals surface area contributed by atoms with E-state index in [0.717, 1.165) is 48.3 Å². The van der Waals surface area contributed by atoms with Gasteiger partial charge in [-0.15, -0.1) is 0 Å². The van der Waals surface area contributed by atoms with Crippen LogP contribution in [0.15, 0.2) is 18.2 Å². The highest BCUT2D eigenvalue weighted by atomic mass is 35.5. The molecule has 0 saturated heterocycles. The summed E-state index contributed by atoms with van der Waals surface area (Å²) in [6.07, 6.45) is 3.11. The number of phenolic OH excluding ortho intramolecular Hbond substituents is 1. The molecular weight excluding hydrogens is 336 g/mol. The molecule has 136 valence electrons. The van der Waals surface area contributed by atoms with Gasteiger partial charge in [0.05, 0.1) is 10.6 Å². The fourth-order valence-electron chi connectivity index (χ4n) is 3.64. The molecule has 1 unspecified atom stereocenters. The average molecular weight is 363 g/mol. The van der Waals surface area contributed by atoms with Gasteiger partial charge in [0.1, 0.15) is 5.75 Å². The minimum atomic E-state index is -0.437. The SMILES string of the molecule is CCCC(C)Cc1c(-c2ccc(O)c(Cl)c2)c(C(N)=O)c(C)n1CC. The molecule has 1 heterocycles. The van der Waals surface area contributed by atoms with Gasteiger partial charge in [-0.3, -0.25) is 4.79 Å². The normalized spacial score (nSPS) is 12.4. The molecule has 0 aliphatic heterocycles. The van der Waals surface area contributed by atoms with Crippen LogP contribution in [-0.2, 0) is 13.0 Å². The van der Waals surface area contributed by atoms with E-state index in [4.69, 9.17) is 17.3 Å². The van der Waals surface area contributed by atoms with Gasteiger partial charge in [-0.2, -0.15) is 0 Å². The molecule has 0 bridgehead atoms. The predicted molar refractivity (Wildman–Crippen MR) is 103 cm³/mol. The van der Waals surface area contributed by atoms with E-state index in [9.17, 15) is 9.90 Å². The van der Waals surface area contributed by atoms with Crippen LogP contribution in [0.1, 0.15) is 55.4 Å². The van der Waals surface area contributed by atoms with E-state index in [2.05, 4.69) is 25.3 Å². The number of phenols is 1. The standard InChI is InChI=1S/C20H27ClN2O2/c1-5-7-12(3)10-16-19(14-8-9-17(24)15(21)11-14)18(20(22)25)13(4)23(16)6-2/h8-9,11-12,24H,5-7,10H2,1-4H3,(H2,22,25). The molecular formula is C20H27ClN2O2. The summed E-state index contributed by atoms with van der Waals surface area (Å²) in [5.74, 6) is 0.0866.